The van der Waals surface area contributed by atoms with E-state index in [4.69, 9.17) is 24.1 Å². The van der Waals surface area contributed by atoms with Gasteiger partial charge in [-0.2, -0.15) is 0 Å². The molecule has 0 atom stereocenters. The number of hydrogen-bond donors (Lipinski definition) is 1. The molecule has 0 aliphatic carbocycles. The topological polar surface area (TPSA) is 74.2 Å². The summed E-state index contributed by atoms with van der Waals surface area (Å²) in [5.74, 6) is 0.0819. The number of fused-ring (bicyclic) bond motifs is 1. The number of carboxylic acid groups (broad SMARTS) is 1. The first-order chi connectivity index (χ1) is 8.22. The highest BCUT2D eigenvalue weighted by Crippen LogP contribution is 2.38. The van der Waals surface area contributed by atoms with Gasteiger partial charge in [-0.15, -0.1) is 0 Å². The third kappa shape index (κ3) is 2.42. The predicted octanol–water partition coefficient (Wildman–Crippen LogP) is 1.14. The smallest absolute Gasteiger partial charge is 0.339 e. The van der Waals surface area contributed by atoms with Gasteiger partial charge in [-0.3, -0.25) is 0 Å². The van der Waals surface area contributed by atoms with Crippen LogP contribution in [0.3, 0.4) is 0 Å². The molecule has 6 heteroatoms. The van der Waals surface area contributed by atoms with Crippen molar-refractivity contribution in [2.45, 2.75) is 0 Å². The van der Waals surface area contributed by atoms with E-state index in [1.54, 1.807) is 7.11 Å². The van der Waals surface area contributed by atoms with Crippen molar-refractivity contribution >= 4 is 5.97 Å². The third-order valence-corrected chi connectivity index (χ3v) is 2.25. The van der Waals surface area contributed by atoms with Crippen LogP contribution in [0.5, 0.6) is 17.2 Å². The molecular formula is C11H12O6. The van der Waals surface area contributed by atoms with Crippen molar-refractivity contribution in [2.24, 2.45) is 0 Å². The molecule has 0 saturated heterocycles. The number of rotatable bonds is 5. The average molecular weight is 240 g/mol. The Bertz CT molecular complexity index is 428. The fraction of sp³-hybridized carbons (Fsp3) is 0.364. The molecule has 1 aliphatic heterocycles. The zero-order chi connectivity index (χ0) is 12.3. The Morgan fingerprint density at radius 1 is 1.35 bits per heavy atom. The summed E-state index contributed by atoms with van der Waals surface area (Å²) < 4.78 is 20.4. The first-order valence-corrected chi connectivity index (χ1v) is 5.01. The molecule has 0 spiro atoms. The lowest BCUT2D eigenvalue weighted by molar-refractivity contribution is 0.0689. The van der Waals surface area contributed by atoms with Crippen LogP contribution in [-0.4, -0.2) is 38.2 Å². The molecule has 92 valence electrons. The highest BCUT2D eigenvalue weighted by molar-refractivity contribution is 5.92. The predicted molar refractivity (Wildman–Crippen MR) is 56.9 cm³/mol. The lowest BCUT2D eigenvalue weighted by Gasteiger charge is -2.09. The first kappa shape index (κ1) is 11.5. The van der Waals surface area contributed by atoms with Gasteiger partial charge < -0.3 is 24.1 Å². The summed E-state index contributed by atoms with van der Waals surface area (Å²) in [6, 6.07) is 2.91. The Morgan fingerprint density at radius 2 is 2.06 bits per heavy atom. The van der Waals surface area contributed by atoms with Crippen LogP contribution < -0.4 is 14.2 Å². The van der Waals surface area contributed by atoms with Gasteiger partial charge in [0, 0.05) is 19.2 Å². The van der Waals surface area contributed by atoms with E-state index in [1.807, 2.05) is 0 Å². The van der Waals surface area contributed by atoms with E-state index < -0.39 is 5.97 Å². The molecule has 0 aromatic heterocycles. The number of ether oxygens (including phenoxy) is 4. The minimum Gasteiger partial charge on any atom is -0.490 e. The van der Waals surface area contributed by atoms with E-state index in [1.165, 1.54) is 12.1 Å². The molecule has 0 amide bonds. The molecule has 1 aromatic carbocycles. The SMILES string of the molecule is COCCOc1cc2c(cc1C(=O)O)OCO2. The Hall–Kier alpha value is -1.95. The fourth-order valence-corrected chi connectivity index (χ4v) is 1.44. The van der Waals surface area contributed by atoms with Gasteiger partial charge in [-0.1, -0.05) is 0 Å². The molecule has 1 aromatic rings. The van der Waals surface area contributed by atoms with Crippen LogP contribution in [0.25, 0.3) is 0 Å². The summed E-state index contributed by atoms with van der Waals surface area (Å²) in [5.41, 5.74) is 0.0466. The van der Waals surface area contributed by atoms with Gasteiger partial charge in [-0.25, -0.2) is 4.79 Å². The third-order valence-electron chi connectivity index (χ3n) is 2.25. The largest absolute Gasteiger partial charge is 0.490 e. The summed E-state index contributed by atoms with van der Waals surface area (Å²) in [6.45, 7) is 0.750. The number of aromatic carboxylic acids is 1. The normalized spacial score (nSPS) is 12.5. The van der Waals surface area contributed by atoms with E-state index in [2.05, 4.69) is 0 Å². The van der Waals surface area contributed by atoms with E-state index in [0.717, 1.165) is 0 Å². The fourth-order valence-electron chi connectivity index (χ4n) is 1.44. The number of methoxy groups -OCH3 is 1. The molecule has 1 heterocycles. The van der Waals surface area contributed by atoms with Crippen LogP contribution >= 0.6 is 0 Å². The maximum absolute atomic E-state index is 11.0. The zero-order valence-corrected chi connectivity index (χ0v) is 9.26. The lowest BCUT2D eigenvalue weighted by atomic mass is 10.2. The molecular weight excluding hydrogens is 228 g/mol. The molecule has 1 aliphatic rings. The molecule has 0 saturated carbocycles. The van der Waals surface area contributed by atoms with Gasteiger partial charge in [0.25, 0.3) is 0 Å². The quantitative estimate of drug-likeness (QED) is 0.778. The Labute approximate surface area is 97.7 Å². The minimum atomic E-state index is -1.07. The van der Waals surface area contributed by atoms with Crippen LogP contribution in [-0.2, 0) is 4.74 Å². The lowest BCUT2D eigenvalue weighted by Crippen LogP contribution is -2.08. The maximum atomic E-state index is 11.0. The monoisotopic (exact) mass is 240 g/mol. The number of benzene rings is 1. The van der Waals surface area contributed by atoms with Crippen LogP contribution in [0.2, 0.25) is 0 Å². The van der Waals surface area contributed by atoms with Gasteiger partial charge in [-0.05, 0) is 0 Å². The molecule has 1 N–H and O–H groups in total. The highest BCUT2D eigenvalue weighted by Gasteiger charge is 2.21. The Kier molecular flexibility index (Phi) is 3.34. The van der Waals surface area contributed by atoms with Crippen molar-refractivity contribution in [2.75, 3.05) is 27.1 Å². The molecule has 0 fully saturated rings. The summed E-state index contributed by atoms with van der Waals surface area (Å²) in [6.07, 6.45) is 0. The average Bonchev–Trinajstić information content (AvgIpc) is 2.75. The van der Waals surface area contributed by atoms with Crippen molar-refractivity contribution in [3.63, 3.8) is 0 Å². The summed E-state index contributed by atoms with van der Waals surface area (Å²) in [5, 5.41) is 9.05. The molecule has 0 bridgehead atoms. The summed E-state index contributed by atoms with van der Waals surface area (Å²) in [4.78, 5) is 11.0. The van der Waals surface area contributed by atoms with Crippen molar-refractivity contribution in [1.82, 2.24) is 0 Å². The number of hydrogen-bond acceptors (Lipinski definition) is 5. The van der Waals surface area contributed by atoms with E-state index in [-0.39, 0.29) is 24.7 Å². The Morgan fingerprint density at radius 3 is 2.71 bits per heavy atom. The van der Waals surface area contributed by atoms with E-state index >= 15 is 0 Å². The molecule has 17 heavy (non-hydrogen) atoms. The summed E-state index contributed by atoms with van der Waals surface area (Å²) in [7, 11) is 1.54. The summed E-state index contributed by atoms with van der Waals surface area (Å²) >= 11 is 0. The number of carboxylic acids is 1. The highest BCUT2D eigenvalue weighted by atomic mass is 16.7. The Balaban J connectivity index is 2.25. The second kappa shape index (κ2) is 4.92. The van der Waals surface area contributed by atoms with Crippen LogP contribution in [0, 0.1) is 0 Å². The van der Waals surface area contributed by atoms with Gasteiger partial charge in [0.05, 0.1) is 6.61 Å². The van der Waals surface area contributed by atoms with Crippen molar-refractivity contribution in [3.05, 3.63) is 17.7 Å². The second-order valence-electron chi connectivity index (χ2n) is 3.35. The molecule has 0 radical (unpaired) electrons. The standard InChI is InChI=1S/C11H12O6/c1-14-2-3-15-8-5-10-9(16-6-17-10)4-7(8)11(12)13/h4-5H,2-3,6H2,1H3,(H,12,13). The van der Waals surface area contributed by atoms with Crippen molar-refractivity contribution in [1.29, 1.82) is 0 Å². The van der Waals surface area contributed by atoms with Gasteiger partial charge in [0.15, 0.2) is 11.5 Å². The molecule has 2 rings (SSSR count). The van der Waals surface area contributed by atoms with Gasteiger partial charge in [0.2, 0.25) is 6.79 Å². The molecule has 6 nitrogen and oxygen atoms in total. The van der Waals surface area contributed by atoms with Gasteiger partial charge >= 0.3 is 5.97 Å². The molecule has 0 unspecified atom stereocenters. The van der Waals surface area contributed by atoms with Gasteiger partial charge in [0.1, 0.15) is 17.9 Å². The first-order valence-electron chi connectivity index (χ1n) is 5.01. The zero-order valence-electron chi connectivity index (χ0n) is 9.26. The minimum absolute atomic E-state index is 0.0466. The second-order valence-corrected chi connectivity index (χ2v) is 3.35. The van der Waals surface area contributed by atoms with Crippen LogP contribution in [0.1, 0.15) is 10.4 Å². The van der Waals surface area contributed by atoms with Crippen molar-refractivity contribution in [3.8, 4) is 17.2 Å². The van der Waals surface area contributed by atoms with Crippen LogP contribution in [0.4, 0.5) is 0 Å². The number of carbonyl (C=O) groups is 1. The maximum Gasteiger partial charge on any atom is 0.339 e. The van der Waals surface area contributed by atoms with E-state index in [9.17, 15) is 4.79 Å². The van der Waals surface area contributed by atoms with E-state index in [0.29, 0.717) is 18.1 Å². The van der Waals surface area contributed by atoms with Crippen LogP contribution in [0.15, 0.2) is 12.1 Å². The van der Waals surface area contributed by atoms with Crippen molar-refractivity contribution < 1.29 is 28.8 Å².